The van der Waals surface area contributed by atoms with E-state index in [-0.39, 0.29) is 12.3 Å². The van der Waals surface area contributed by atoms with Crippen LogP contribution in [0, 0.1) is 0 Å². The molecule has 1 amide bonds. The molecule has 0 bridgehead atoms. The summed E-state index contributed by atoms with van der Waals surface area (Å²) in [5, 5.41) is 9.57. The highest BCUT2D eigenvalue weighted by atomic mass is 16.5. The highest BCUT2D eigenvalue weighted by Crippen LogP contribution is 2.16. The Kier molecular flexibility index (Phi) is 3.86. The van der Waals surface area contributed by atoms with Crippen LogP contribution < -0.4 is 0 Å². The van der Waals surface area contributed by atoms with Gasteiger partial charge in [0.25, 0.3) is 0 Å². The first-order chi connectivity index (χ1) is 7.00. The molecule has 15 heavy (non-hydrogen) atoms. The summed E-state index contributed by atoms with van der Waals surface area (Å²) in [4.78, 5) is 11.3. The molecule has 0 saturated carbocycles. The number of likely N-dealkylation sites (N-methyl/N-ethyl adjacent to an activating group) is 1. The van der Waals surface area contributed by atoms with Gasteiger partial charge in [-0.25, -0.2) is 5.06 Å². The fourth-order valence-corrected chi connectivity index (χ4v) is 1.35. The number of carbonyl (C=O) groups excluding carboxylic acids is 1. The van der Waals surface area contributed by atoms with Crippen molar-refractivity contribution in [2.75, 3.05) is 7.05 Å². The largest absolute Gasteiger partial charge is 0.286 e. The molecule has 0 aliphatic carbocycles. The first kappa shape index (κ1) is 11.7. The molecule has 82 valence electrons. The molecule has 3 nitrogen and oxygen atoms in total. The molecule has 0 heterocycles. The van der Waals surface area contributed by atoms with Crippen molar-refractivity contribution in [1.82, 2.24) is 5.06 Å². The molecule has 1 N–H and O–H groups in total. The highest BCUT2D eigenvalue weighted by Gasteiger charge is 2.08. The Morgan fingerprint density at radius 3 is 2.67 bits per heavy atom. The van der Waals surface area contributed by atoms with E-state index in [1.807, 2.05) is 24.3 Å². The summed E-state index contributed by atoms with van der Waals surface area (Å²) in [6.07, 6.45) is 0.244. The normalized spacial score (nSPS) is 10.5. The van der Waals surface area contributed by atoms with E-state index in [1.54, 1.807) is 0 Å². The van der Waals surface area contributed by atoms with E-state index in [9.17, 15) is 4.79 Å². The Balaban J connectivity index is 2.78. The Morgan fingerprint density at radius 2 is 2.13 bits per heavy atom. The van der Waals surface area contributed by atoms with E-state index in [4.69, 9.17) is 5.21 Å². The second-order valence-electron chi connectivity index (χ2n) is 3.99. The van der Waals surface area contributed by atoms with Gasteiger partial charge >= 0.3 is 0 Å². The van der Waals surface area contributed by atoms with Crippen LogP contribution in [-0.2, 0) is 11.2 Å². The van der Waals surface area contributed by atoms with E-state index < -0.39 is 0 Å². The van der Waals surface area contributed by atoms with Crippen molar-refractivity contribution in [2.45, 2.75) is 26.2 Å². The van der Waals surface area contributed by atoms with Gasteiger partial charge in [0.2, 0.25) is 5.91 Å². The van der Waals surface area contributed by atoms with Gasteiger partial charge in [0, 0.05) is 7.05 Å². The lowest BCUT2D eigenvalue weighted by molar-refractivity contribution is -0.158. The van der Waals surface area contributed by atoms with E-state index in [1.165, 1.54) is 12.6 Å². The van der Waals surface area contributed by atoms with Gasteiger partial charge in [0.15, 0.2) is 0 Å². The third-order valence-electron chi connectivity index (χ3n) is 2.33. The maximum atomic E-state index is 11.3. The molecule has 0 aliphatic rings. The minimum absolute atomic E-state index is 0.244. The molecule has 0 saturated heterocycles. The van der Waals surface area contributed by atoms with Crippen molar-refractivity contribution in [3.8, 4) is 0 Å². The highest BCUT2D eigenvalue weighted by molar-refractivity contribution is 5.77. The second-order valence-corrected chi connectivity index (χ2v) is 3.99. The van der Waals surface area contributed by atoms with E-state index in [0.717, 1.165) is 5.56 Å². The van der Waals surface area contributed by atoms with Crippen LogP contribution in [0.25, 0.3) is 0 Å². The number of carbonyl (C=O) groups is 1. The van der Waals surface area contributed by atoms with Crippen LogP contribution in [0.5, 0.6) is 0 Å². The smallest absolute Gasteiger partial charge is 0.250 e. The molecule has 1 aromatic carbocycles. The number of hydroxylamine groups is 2. The summed E-state index contributed by atoms with van der Waals surface area (Å²) in [7, 11) is 1.34. The number of benzene rings is 1. The van der Waals surface area contributed by atoms with E-state index >= 15 is 0 Å². The summed E-state index contributed by atoms with van der Waals surface area (Å²) in [6, 6.07) is 7.88. The van der Waals surface area contributed by atoms with Crippen LogP contribution in [0.1, 0.15) is 30.9 Å². The van der Waals surface area contributed by atoms with Crippen molar-refractivity contribution in [3.63, 3.8) is 0 Å². The Bertz CT molecular complexity index is 345. The number of rotatable bonds is 3. The molecule has 0 radical (unpaired) electrons. The molecule has 0 aliphatic heterocycles. The summed E-state index contributed by atoms with van der Waals surface area (Å²) in [6.45, 7) is 4.22. The predicted octanol–water partition coefficient (Wildman–Crippen LogP) is 2.20. The predicted molar refractivity (Wildman–Crippen MR) is 58.8 cm³/mol. The van der Waals surface area contributed by atoms with Crippen LogP contribution in [-0.4, -0.2) is 23.2 Å². The van der Waals surface area contributed by atoms with Gasteiger partial charge in [-0.1, -0.05) is 38.1 Å². The Labute approximate surface area is 90.3 Å². The summed E-state index contributed by atoms with van der Waals surface area (Å²) in [5.41, 5.74) is 2.15. The third kappa shape index (κ3) is 3.36. The van der Waals surface area contributed by atoms with Crippen molar-refractivity contribution < 1.29 is 10.0 Å². The van der Waals surface area contributed by atoms with Crippen LogP contribution in [0.2, 0.25) is 0 Å². The number of hydrogen-bond acceptors (Lipinski definition) is 2. The van der Waals surface area contributed by atoms with Crippen LogP contribution >= 0.6 is 0 Å². The van der Waals surface area contributed by atoms with Crippen LogP contribution in [0.4, 0.5) is 0 Å². The van der Waals surface area contributed by atoms with Gasteiger partial charge in [-0.05, 0) is 17.0 Å². The zero-order chi connectivity index (χ0) is 11.4. The standard InChI is InChI=1S/C12H17NO2/c1-9(2)11-6-4-5-10(7-11)8-12(14)13(3)15/h4-7,9,15H,8H2,1-3H3. The van der Waals surface area contributed by atoms with Crippen LogP contribution in [0.3, 0.4) is 0 Å². The maximum absolute atomic E-state index is 11.3. The molecule has 3 heteroatoms. The fourth-order valence-electron chi connectivity index (χ4n) is 1.35. The van der Waals surface area contributed by atoms with Crippen molar-refractivity contribution in [3.05, 3.63) is 35.4 Å². The molecule has 1 aromatic rings. The molecule has 0 aromatic heterocycles. The Morgan fingerprint density at radius 1 is 1.47 bits per heavy atom. The molecule has 0 fully saturated rings. The van der Waals surface area contributed by atoms with E-state index in [0.29, 0.717) is 11.0 Å². The minimum atomic E-state index is -0.295. The maximum Gasteiger partial charge on any atom is 0.250 e. The van der Waals surface area contributed by atoms with Gasteiger partial charge in [-0.2, -0.15) is 0 Å². The van der Waals surface area contributed by atoms with Gasteiger partial charge in [-0.15, -0.1) is 0 Å². The molecular weight excluding hydrogens is 190 g/mol. The molecule has 0 unspecified atom stereocenters. The summed E-state index contributed by atoms with van der Waals surface area (Å²) >= 11 is 0. The summed E-state index contributed by atoms with van der Waals surface area (Å²) in [5.74, 6) is 0.155. The quantitative estimate of drug-likeness (QED) is 0.609. The van der Waals surface area contributed by atoms with Gasteiger partial charge < -0.3 is 0 Å². The van der Waals surface area contributed by atoms with Gasteiger partial charge in [-0.3, -0.25) is 10.0 Å². The average Bonchev–Trinajstić information content (AvgIpc) is 2.18. The van der Waals surface area contributed by atoms with Crippen molar-refractivity contribution >= 4 is 5.91 Å². The van der Waals surface area contributed by atoms with Crippen molar-refractivity contribution in [2.24, 2.45) is 0 Å². The Hall–Kier alpha value is -1.35. The molecular formula is C12H17NO2. The van der Waals surface area contributed by atoms with Gasteiger partial charge in [0.05, 0.1) is 6.42 Å². The van der Waals surface area contributed by atoms with Crippen molar-refractivity contribution in [1.29, 1.82) is 0 Å². The first-order valence-electron chi connectivity index (χ1n) is 5.05. The molecule has 1 rings (SSSR count). The minimum Gasteiger partial charge on any atom is -0.286 e. The lowest BCUT2D eigenvalue weighted by Gasteiger charge is -2.10. The number of hydrogen-bond donors (Lipinski definition) is 1. The lowest BCUT2D eigenvalue weighted by Crippen LogP contribution is -2.24. The second kappa shape index (κ2) is 4.94. The SMILES string of the molecule is CC(C)c1cccc(CC(=O)N(C)O)c1. The van der Waals surface area contributed by atoms with E-state index in [2.05, 4.69) is 13.8 Å². The monoisotopic (exact) mass is 207 g/mol. The third-order valence-corrected chi connectivity index (χ3v) is 2.33. The molecule has 0 spiro atoms. The number of amides is 1. The fraction of sp³-hybridized carbons (Fsp3) is 0.417. The van der Waals surface area contributed by atoms with Gasteiger partial charge in [0.1, 0.15) is 0 Å². The summed E-state index contributed by atoms with van der Waals surface area (Å²) < 4.78 is 0. The first-order valence-corrected chi connectivity index (χ1v) is 5.05. The zero-order valence-electron chi connectivity index (χ0n) is 9.40. The van der Waals surface area contributed by atoms with Crippen LogP contribution in [0.15, 0.2) is 24.3 Å². The molecule has 0 atom stereocenters. The number of nitrogens with zero attached hydrogens (tertiary/aromatic N) is 1. The lowest BCUT2D eigenvalue weighted by atomic mass is 10.00. The topological polar surface area (TPSA) is 40.5 Å². The zero-order valence-corrected chi connectivity index (χ0v) is 9.40. The average molecular weight is 207 g/mol.